The Kier molecular flexibility index (Phi) is 8.25. The fraction of sp³-hybridized carbons (Fsp3) is 0.355. The van der Waals surface area contributed by atoms with Crippen molar-refractivity contribution in [1.29, 1.82) is 0 Å². The highest BCUT2D eigenvalue weighted by Crippen LogP contribution is 2.47. The van der Waals surface area contributed by atoms with Gasteiger partial charge in [-0.2, -0.15) is 0 Å². The van der Waals surface area contributed by atoms with Gasteiger partial charge in [0.05, 0.1) is 33.3 Å². The Morgan fingerprint density at radius 1 is 0.947 bits per heavy atom. The largest absolute Gasteiger partial charge is 0.493 e. The van der Waals surface area contributed by atoms with Gasteiger partial charge in [-0.3, -0.25) is 9.59 Å². The molecule has 0 aliphatic carbocycles. The van der Waals surface area contributed by atoms with Crippen molar-refractivity contribution in [1.82, 2.24) is 4.90 Å². The maximum Gasteiger partial charge on any atom is 0.254 e. The number of hydrogen-bond donors (Lipinski definition) is 1. The first-order valence-corrected chi connectivity index (χ1v) is 12.9. The number of benzene rings is 3. The van der Waals surface area contributed by atoms with Gasteiger partial charge in [-0.15, -0.1) is 0 Å². The number of nitrogens with zero attached hydrogens (tertiary/aromatic N) is 1. The Bertz CT molecular complexity index is 1280. The summed E-state index contributed by atoms with van der Waals surface area (Å²) in [6, 6.07) is 18.3. The number of ether oxygens (including phenoxy) is 3. The molecule has 2 amide bonds. The first-order valence-electron chi connectivity index (χ1n) is 12.9. The minimum Gasteiger partial charge on any atom is -0.493 e. The van der Waals surface area contributed by atoms with Crippen molar-refractivity contribution in [2.45, 2.75) is 45.1 Å². The van der Waals surface area contributed by atoms with E-state index in [0.29, 0.717) is 46.5 Å². The number of carbonyl (C=O) groups is 2. The van der Waals surface area contributed by atoms with E-state index in [-0.39, 0.29) is 11.8 Å². The minimum absolute atomic E-state index is 0.105. The lowest BCUT2D eigenvalue weighted by molar-refractivity contribution is -0.119. The van der Waals surface area contributed by atoms with Crippen molar-refractivity contribution in [3.8, 4) is 17.2 Å². The van der Waals surface area contributed by atoms with Crippen molar-refractivity contribution in [3.05, 3.63) is 82.9 Å². The summed E-state index contributed by atoms with van der Waals surface area (Å²) in [5, 5.41) is 3.11. The van der Waals surface area contributed by atoms with E-state index in [1.165, 1.54) is 5.56 Å². The molecule has 2 atom stereocenters. The summed E-state index contributed by atoms with van der Waals surface area (Å²) in [5.74, 6) is 0.815. The van der Waals surface area contributed by atoms with Crippen LogP contribution in [-0.4, -0.2) is 44.6 Å². The minimum atomic E-state index is -0.664. The Morgan fingerprint density at radius 3 is 2.13 bits per heavy atom. The fourth-order valence-electron chi connectivity index (χ4n) is 5.18. The second kappa shape index (κ2) is 11.6. The summed E-state index contributed by atoms with van der Waals surface area (Å²) in [4.78, 5) is 29.6. The lowest BCUT2D eigenvalue weighted by atomic mass is 9.78. The molecule has 1 aliphatic heterocycles. The summed E-state index contributed by atoms with van der Waals surface area (Å²) >= 11 is 0. The van der Waals surface area contributed by atoms with Crippen LogP contribution in [0.3, 0.4) is 0 Å². The van der Waals surface area contributed by atoms with Crippen LogP contribution in [0.4, 0.5) is 5.69 Å². The normalized spacial score (nSPS) is 16.7. The molecule has 0 fully saturated rings. The zero-order valence-electron chi connectivity index (χ0n) is 22.9. The number of methoxy groups -OCH3 is 3. The second-order valence-corrected chi connectivity index (χ2v) is 9.73. The van der Waals surface area contributed by atoms with Gasteiger partial charge in [0.15, 0.2) is 11.5 Å². The maximum atomic E-state index is 14.1. The number of rotatable bonds is 9. The summed E-state index contributed by atoms with van der Waals surface area (Å²) in [5.41, 5.74) is 3.87. The number of fused-ring (bicyclic) bond motifs is 1. The lowest BCUT2D eigenvalue weighted by Crippen LogP contribution is -2.46. The third-order valence-corrected chi connectivity index (χ3v) is 7.06. The first-order chi connectivity index (χ1) is 18.3. The molecule has 1 heterocycles. The molecule has 4 rings (SSSR count). The third-order valence-electron chi connectivity index (χ3n) is 7.06. The predicted molar refractivity (Wildman–Crippen MR) is 149 cm³/mol. The Hall–Kier alpha value is -4.00. The van der Waals surface area contributed by atoms with E-state index < -0.39 is 12.0 Å². The number of anilines is 1. The van der Waals surface area contributed by atoms with Gasteiger partial charge in [-0.1, -0.05) is 51.1 Å². The van der Waals surface area contributed by atoms with Crippen molar-refractivity contribution >= 4 is 17.5 Å². The van der Waals surface area contributed by atoms with Crippen molar-refractivity contribution < 1.29 is 23.8 Å². The highest BCUT2D eigenvalue weighted by Gasteiger charge is 2.44. The molecular weight excluding hydrogens is 480 g/mol. The average Bonchev–Trinajstić information content (AvgIpc) is 2.93. The van der Waals surface area contributed by atoms with Crippen LogP contribution in [0.5, 0.6) is 17.2 Å². The molecule has 0 saturated carbocycles. The Labute approximate surface area is 224 Å². The molecule has 0 saturated heterocycles. The quantitative estimate of drug-likeness (QED) is 0.368. The van der Waals surface area contributed by atoms with Crippen LogP contribution >= 0.6 is 0 Å². The fourth-order valence-corrected chi connectivity index (χ4v) is 5.18. The van der Waals surface area contributed by atoms with Gasteiger partial charge in [0.2, 0.25) is 11.7 Å². The molecule has 0 unspecified atom stereocenters. The molecule has 0 bridgehead atoms. The molecular formula is C31H36N2O5. The molecule has 3 aromatic rings. The Morgan fingerprint density at radius 2 is 1.58 bits per heavy atom. The van der Waals surface area contributed by atoms with Crippen LogP contribution in [0.15, 0.2) is 60.7 Å². The van der Waals surface area contributed by atoms with Crippen molar-refractivity contribution in [2.75, 3.05) is 33.2 Å². The summed E-state index contributed by atoms with van der Waals surface area (Å²) in [6.45, 7) is 6.77. The first kappa shape index (κ1) is 27.0. The molecule has 3 aromatic carbocycles. The van der Waals surface area contributed by atoms with Crippen LogP contribution in [0, 0.1) is 0 Å². The van der Waals surface area contributed by atoms with E-state index in [9.17, 15) is 9.59 Å². The highest BCUT2D eigenvalue weighted by molar-refractivity contribution is 6.04. The zero-order valence-corrected chi connectivity index (χ0v) is 22.9. The Balaban J connectivity index is 1.87. The van der Waals surface area contributed by atoms with E-state index in [0.717, 1.165) is 12.0 Å². The van der Waals surface area contributed by atoms with Crippen LogP contribution in [0.25, 0.3) is 0 Å². The summed E-state index contributed by atoms with van der Waals surface area (Å²) in [6.07, 6.45) is 0.736. The van der Waals surface area contributed by atoms with Gasteiger partial charge in [0.1, 0.15) is 0 Å². The second-order valence-electron chi connectivity index (χ2n) is 9.73. The monoisotopic (exact) mass is 516 g/mol. The smallest absolute Gasteiger partial charge is 0.254 e. The number of hydrogen-bond acceptors (Lipinski definition) is 5. The zero-order chi connectivity index (χ0) is 27.4. The molecule has 0 radical (unpaired) electrons. The van der Waals surface area contributed by atoms with Gasteiger partial charge in [-0.25, -0.2) is 0 Å². The predicted octanol–water partition coefficient (Wildman–Crippen LogP) is 6.17. The van der Waals surface area contributed by atoms with E-state index in [1.807, 2.05) is 61.5 Å². The van der Waals surface area contributed by atoms with E-state index in [4.69, 9.17) is 14.2 Å². The van der Waals surface area contributed by atoms with Crippen molar-refractivity contribution in [3.63, 3.8) is 0 Å². The van der Waals surface area contributed by atoms with Crippen LogP contribution in [0.2, 0.25) is 0 Å². The van der Waals surface area contributed by atoms with Crippen LogP contribution in [-0.2, 0) is 4.79 Å². The molecule has 200 valence electrons. The van der Waals surface area contributed by atoms with Gasteiger partial charge < -0.3 is 24.4 Å². The topological polar surface area (TPSA) is 77.1 Å². The summed E-state index contributed by atoms with van der Waals surface area (Å²) < 4.78 is 16.8. The molecule has 1 N–H and O–H groups in total. The number of carbonyl (C=O) groups excluding carboxylic acids is 2. The van der Waals surface area contributed by atoms with Crippen LogP contribution < -0.4 is 19.5 Å². The summed E-state index contributed by atoms with van der Waals surface area (Å²) in [7, 11) is 4.65. The van der Waals surface area contributed by atoms with Crippen LogP contribution in [0.1, 0.15) is 72.1 Å². The molecule has 38 heavy (non-hydrogen) atoms. The third kappa shape index (κ3) is 5.05. The average molecular weight is 517 g/mol. The molecule has 7 heteroatoms. The van der Waals surface area contributed by atoms with Crippen molar-refractivity contribution in [2.24, 2.45) is 0 Å². The lowest BCUT2D eigenvalue weighted by Gasteiger charge is -2.42. The molecule has 0 aromatic heterocycles. The standard InChI is InChI=1S/C31H36N2O5/c1-7-16-33-28(21-17-25(36-4)29(38-6)26(18-21)37-5)27(23-10-8-9-11-24(23)31(33)35)30(34)32-22-14-12-20(13-15-22)19(2)3/h8-15,17-19,27-28H,7,16H2,1-6H3,(H,32,34)/t27-,28-/m1/s1. The molecule has 1 aliphatic rings. The number of amides is 2. The maximum absolute atomic E-state index is 14.1. The van der Waals surface area contributed by atoms with Gasteiger partial charge >= 0.3 is 0 Å². The van der Waals surface area contributed by atoms with E-state index >= 15 is 0 Å². The molecule has 0 spiro atoms. The van der Waals surface area contributed by atoms with Gasteiger partial charge in [0.25, 0.3) is 5.91 Å². The van der Waals surface area contributed by atoms with E-state index in [2.05, 4.69) is 19.2 Å². The number of nitrogens with one attached hydrogen (secondary N) is 1. The molecule has 7 nitrogen and oxygen atoms in total. The van der Waals surface area contributed by atoms with Gasteiger partial charge in [0, 0.05) is 17.8 Å². The highest BCUT2D eigenvalue weighted by atomic mass is 16.5. The van der Waals surface area contributed by atoms with Gasteiger partial charge in [-0.05, 0) is 59.4 Å². The SMILES string of the molecule is CCCN1C(=O)c2ccccc2[C@@H](C(=O)Nc2ccc(C(C)C)cc2)[C@H]1c1cc(OC)c(OC)c(OC)c1. The van der Waals surface area contributed by atoms with E-state index in [1.54, 1.807) is 32.3 Å².